The van der Waals surface area contributed by atoms with Gasteiger partial charge in [-0.3, -0.25) is 0 Å². The molecule has 0 atom stereocenters. The van der Waals surface area contributed by atoms with Gasteiger partial charge in [0.05, 0.1) is 0 Å². The normalized spacial score (nSPS) is 10.6. The van der Waals surface area contributed by atoms with Gasteiger partial charge in [0.1, 0.15) is 0 Å². The highest BCUT2D eigenvalue weighted by atomic mass is 79.9. The zero-order chi connectivity index (χ0) is 19.2. The lowest BCUT2D eigenvalue weighted by Gasteiger charge is -2.08. The first kappa shape index (κ1) is 24.5. The molecule has 0 bridgehead atoms. The molecule has 28 heavy (non-hydrogen) atoms. The number of para-hydroxylation sites is 1. The van der Waals surface area contributed by atoms with Crippen LogP contribution in [0.1, 0.15) is 43.2 Å². The van der Waals surface area contributed by atoms with Gasteiger partial charge in [0.25, 0.3) is 0 Å². The van der Waals surface area contributed by atoms with Crippen LogP contribution in [-0.2, 0) is 12.8 Å². The van der Waals surface area contributed by atoms with Crippen molar-refractivity contribution in [2.75, 3.05) is 26.2 Å². The fraction of sp³-hybridized carbons (Fsp3) is 0.478. The molecule has 0 unspecified atom stereocenters. The molecule has 0 amide bonds. The first-order valence-corrected chi connectivity index (χ1v) is 10.2. The number of unbranched alkanes of at least 4 members (excludes halogenated alkanes) is 3. The average Bonchev–Trinajstić information content (AvgIpc) is 2.69. The molecule has 4 N–H and O–H groups in total. The fourth-order valence-electron chi connectivity index (χ4n) is 3.17. The fourth-order valence-corrected chi connectivity index (χ4v) is 3.17. The van der Waals surface area contributed by atoms with E-state index < -0.39 is 0 Å². The number of hydrogen-bond donors (Lipinski definition) is 4. The summed E-state index contributed by atoms with van der Waals surface area (Å²) in [5.41, 5.74) is 2.21. The minimum absolute atomic E-state index is 0. The molecule has 0 spiro atoms. The summed E-state index contributed by atoms with van der Waals surface area (Å²) >= 11 is 0. The molecule has 0 heterocycles. The molecule has 0 aliphatic rings. The Morgan fingerprint density at radius 1 is 0.607 bits per heavy atom. The number of benzene rings is 2. The molecule has 2 rings (SSSR count). The predicted molar refractivity (Wildman–Crippen MR) is 123 cm³/mol. The van der Waals surface area contributed by atoms with Gasteiger partial charge in [0.2, 0.25) is 0 Å². The van der Waals surface area contributed by atoms with Crippen LogP contribution < -0.4 is 10.6 Å². The Hall–Kier alpha value is -1.56. The minimum Gasteiger partial charge on any atom is -0.504 e. The Balaban J connectivity index is 0.00000392. The molecule has 0 fully saturated rings. The summed E-state index contributed by atoms with van der Waals surface area (Å²) in [5.74, 6) is -0.0308. The van der Waals surface area contributed by atoms with Crippen LogP contribution in [0.2, 0.25) is 0 Å². The summed E-state index contributed by atoms with van der Waals surface area (Å²) in [6, 6.07) is 15.8. The van der Waals surface area contributed by atoms with E-state index in [9.17, 15) is 10.2 Å². The third kappa shape index (κ3) is 10.1. The van der Waals surface area contributed by atoms with Gasteiger partial charge in [0.15, 0.2) is 11.5 Å². The van der Waals surface area contributed by atoms with Crippen LogP contribution in [0.25, 0.3) is 0 Å². The number of aromatic hydroxyl groups is 2. The second-order valence-electron chi connectivity index (χ2n) is 7.04. The molecule has 0 radical (unpaired) electrons. The Labute approximate surface area is 180 Å². The summed E-state index contributed by atoms with van der Waals surface area (Å²) in [6.07, 6.45) is 8.01. The second kappa shape index (κ2) is 15.4. The molecule has 0 saturated heterocycles. The predicted octanol–water partition coefficient (Wildman–Crippen LogP) is 4.59. The number of aryl methyl sites for hydroxylation is 1. The van der Waals surface area contributed by atoms with E-state index in [1.807, 2.05) is 6.07 Å². The number of hydrogen-bond acceptors (Lipinski definition) is 4. The zero-order valence-electron chi connectivity index (χ0n) is 16.7. The van der Waals surface area contributed by atoms with Crippen molar-refractivity contribution in [3.8, 4) is 11.5 Å². The van der Waals surface area contributed by atoms with Gasteiger partial charge >= 0.3 is 0 Å². The molecule has 0 aliphatic carbocycles. The molecule has 0 saturated carbocycles. The largest absolute Gasteiger partial charge is 0.504 e. The van der Waals surface area contributed by atoms with Crippen LogP contribution in [0.5, 0.6) is 11.5 Å². The maximum atomic E-state index is 9.75. The van der Waals surface area contributed by atoms with Crippen LogP contribution in [0, 0.1) is 0 Å². The van der Waals surface area contributed by atoms with E-state index in [0.29, 0.717) is 0 Å². The van der Waals surface area contributed by atoms with E-state index in [1.165, 1.54) is 43.7 Å². The van der Waals surface area contributed by atoms with Crippen molar-refractivity contribution < 1.29 is 10.2 Å². The van der Waals surface area contributed by atoms with Crippen LogP contribution in [0.15, 0.2) is 48.5 Å². The Morgan fingerprint density at radius 2 is 1.25 bits per heavy atom. The Morgan fingerprint density at radius 3 is 1.96 bits per heavy atom. The van der Waals surface area contributed by atoms with E-state index >= 15 is 0 Å². The van der Waals surface area contributed by atoms with Gasteiger partial charge in [-0.2, -0.15) is 0 Å². The van der Waals surface area contributed by atoms with E-state index in [4.69, 9.17) is 0 Å². The number of phenolic OH excluding ortho intramolecular Hbond substituents is 2. The molecular weight excluding hydrogens is 416 g/mol. The van der Waals surface area contributed by atoms with Gasteiger partial charge in [-0.1, -0.05) is 55.3 Å². The van der Waals surface area contributed by atoms with Gasteiger partial charge in [-0.15, -0.1) is 17.0 Å². The van der Waals surface area contributed by atoms with Gasteiger partial charge in [-0.25, -0.2) is 0 Å². The maximum Gasteiger partial charge on any atom is 0.160 e. The third-order valence-electron chi connectivity index (χ3n) is 4.79. The van der Waals surface area contributed by atoms with Crippen molar-refractivity contribution in [2.24, 2.45) is 0 Å². The standard InChI is InChI=1S/C23H34N2O2.BrH/c26-22-14-8-13-21(23(22)27)15-19-25-17-7-2-1-6-16-24-18-9-12-20-10-4-3-5-11-20;/h3-5,8,10-11,13-14,24-27H,1-2,6-7,9,12,15-19H2;1H. The van der Waals surface area contributed by atoms with Crippen molar-refractivity contribution >= 4 is 17.0 Å². The van der Waals surface area contributed by atoms with Gasteiger partial charge in [-0.05, 0) is 75.5 Å². The lowest BCUT2D eigenvalue weighted by atomic mass is 10.1. The van der Waals surface area contributed by atoms with Gasteiger partial charge in [0, 0.05) is 0 Å². The van der Waals surface area contributed by atoms with Crippen molar-refractivity contribution in [3.63, 3.8) is 0 Å². The quantitative estimate of drug-likeness (QED) is 0.251. The van der Waals surface area contributed by atoms with Crippen LogP contribution in [0.4, 0.5) is 0 Å². The molecule has 4 nitrogen and oxygen atoms in total. The number of halogens is 1. The van der Waals surface area contributed by atoms with Gasteiger partial charge < -0.3 is 20.8 Å². The van der Waals surface area contributed by atoms with Crippen molar-refractivity contribution in [1.82, 2.24) is 10.6 Å². The summed E-state index contributed by atoms with van der Waals surface area (Å²) in [7, 11) is 0. The summed E-state index contributed by atoms with van der Waals surface area (Å²) in [4.78, 5) is 0. The first-order valence-electron chi connectivity index (χ1n) is 10.2. The van der Waals surface area contributed by atoms with Crippen LogP contribution in [0.3, 0.4) is 0 Å². The number of nitrogens with one attached hydrogen (secondary N) is 2. The molecular formula is C23H35BrN2O2. The highest BCUT2D eigenvalue weighted by Gasteiger charge is 2.04. The summed E-state index contributed by atoms with van der Waals surface area (Å²) in [5, 5.41) is 26.2. The van der Waals surface area contributed by atoms with Crippen molar-refractivity contribution in [1.29, 1.82) is 0 Å². The van der Waals surface area contributed by atoms with E-state index in [2.05, 4.69) is 41.0 Å². The second-order valence-corrected chi connectivity index (χ2v) is 7.04. The molecule has 2 aromatic rings. The Bertz CT molecular complexity index is 638. The minimum atomic E-state index is -0.0406. The smallest absolute Gasteiger partial charge is 0.160 e. The lowest BCUT2D eigenvalue weighted by molar-refractivity contribution is 0.399. The maximum absolute atomic E-state index is 9.75. The highest BCUT2D eigenvalue weighted by Crippen LogP contribution is 2.28. The number of rotatable bonds is 14. The highest BCUT2D eigenvalue weighted by molar-refractivity contribution is 8.93. The van der Waals surface area contributed by atoms with Crippen LogP contribution in [-0.4, -0.2) is 36.4 Å². The zero-order valence-corrected chi connectivity index (χ0v) is 18.4. The van der Waals surface area contributed by atoms with Crippen LogP contribution >= 0.6 is 17.0 Å². The number of phenols is 2. The van der Waals surface area contributed by atoms with E-state index in [0.717, 1.165) is 44.6 Å². The average molecular weight is 451 g/mol. The Kier molecular flexibility index (Phi) is 13.4. The molecule has 156 valence electrons. The summed E-state index contributed by atoms with van der Waals surface area (Å²) in [6.45, 7) is 4.03. The molecule has 0 aromatic heterocycles. The van der Waals surface area contributed by atoms with Crippen molar-refractivity contribution in [2.45, 2.75) is 44.9 Å². The summed E-state index contributed by atoms with van der Waals surface area (Å²) < 4.78 is 0. The topological polar surface area (TPSA) is 64.5 Å². The van der Waals surface area contributed by atoms with E-state index in [-0.39, 0.29) is 28.5 Å². The first-order chi connectivity index (χ1) is 13.3. The van der Waals surface area contributed by atoms with Crippen molar-refractivity contribution in [3.05, 3.63) is 59.7 Å². The monoisotopic (exact) mass is 450 g/mol. The molecule has 0 aliphatic heterocycles. The molecule has 2 aromatic carbocycles. The third-order valence-corrected chi connectivity index (χ3v) is 4.79. The van der Waals surface area contributed by atoms with E-state index in [1.54, 1.807) is 6.07 Å². The molecule has 5 heteroatoms. The SMILES string of the molecule is Br.Oc1cccc(CCNCCCCCCNCCCc2ccccc2)c1O. The lowest BCUT2D eigenvalue weighted by Crippen LogP contribution is -2.19.